The molecule has 0 aromatic heterocycles. The normalized spacial score (nSPS) is 13.7. The third-order valence-corrected chi connectivity index (χ3v) is 7.28. The summed E-state index contributed by atoms with van der Waals surface area (Å²) >= 11 is 0. The minimum atomic E-state index is -0.805. The van der Waals surface area contributed by atoms with Crippen LogP contribution in [0.1, 0.15) is 130 Å². The van der Waals surface area contributed by atoms with Crippen molar-refractivity contribution in [3.63, 3.8) is 0 Å². The first kappa shape index (κ1) is 35.5. The van der Waals surface area contributed by atoms with E-state index in [0.717, 1.165) is 44.1 Å². The van der Waals surface area contributed by atoms with E-state index in [1.807, 2.05) is 38.1 Å². The van der Waals surface area contributed by atoms with Crippen molar-refractivity contribution >= 4 is 17.9 Å². The van der Waals surface area contributed by atoms with Crippen LogP contribution in [0.25, 0.3) is 0 Å². The lowest BCUT2D eigenvalue weighted by atomic mass is 9.95. The first-order chi connectivity index (χ1) is 19.0. The number of nitrogens with zero attached hydrogens (tertiary/aromatic N) is 1. The van der Waals surface area contributed by atoms with Gasteiger partial charge in [0.25, 0.3) is 0 Å². The predicted molar refractivity (Wildman–Crippen MR) is 164 cm³/mol. The highest BCUT2D eigenvalue weighted by Crippen LogP contribution is 2.26. The summed E-state index contributed by atoms with van der Waals surface area (Å²) in [6, 6.07) is 6.40. The molecular weight excluding hydrogens is 502 g/mol. The maximum Gasteiger partial charge on any atom is 0.408 e. The number of hydrogen-bond acceptors (Lipinski definition) is 4. The molecule has 1 aromatic rings. The van der Waals surface area contributed by atoms with E-state index in [1.54, 1.807) is 25.7 Å². The maximum absolute atomic E-state index is 14.4. The molecule has 0 aliphatic carbocycles. The smallest absolute Gasteiger partial charge is 0.408 e. The highest BCUT2D eigenvalue weighted by Gasteiger charge is 2.37. The molecule has 7 nitrogen and oxygen atoms in total. The van der Waals surface area contributed by atoms with E-state index in [0.29, 0.717) is 19.5 Å². The van der Waals surface area contributed by atoms with Crippen LogP contribution in [0.3, 0.4) is 0 Å². The van der Waals surface area contributed by atoms with Crippen molar-refractivity contribution in [2.75, 3.05) is 13.1 Å². The van der Waals surface area contributed by atoms with E-state index in [2.05, 4.69) is 31.4 Å². The summed E-state index contributed by atoms with van der Waals surface area (Å²) in [5.41, 5.74) is 1.27. The van der Waals surface area contributed by atoms with Crippen LogP contribution >= 0.6 is 0 Å². The highest BCUT2D eigenvalue weighted by atomic mass is 16.6. The average Bonchev–Trinajstić information content (AvgIpc) is 2.91. The Morgan fingerprint density at radius 3 is 2.02 bits per heavy atom. The van der Waals surface area contributed by atoms with Gasteiger partial charge in [0.2, 0.25) is 11.8 Å². The fourth-order valence-corrected chi connectivity index (χ4v) is 4.62. The maximum atomic E-state index is 14.4. The number of unbranched alkanes of at least 4 members (excludes halogenated alkanes) is 6. The molecule has 0 spiro atoms. The largest absolute Gasteiger partial charge is 0.444 e. The summed E-state index contributed by atoms with van der Waals surface area (Å²) in [6.07, 6.45) is 9.20. The van der Waals surface area contributed by atoms with E-state index in [-0.39, 0.29) is 17.7 Å². The lowest BCUT2D eigenvalue weighted by Gasteiger charge is -2.36. The van der Waals surface area contributed by atoms with Crippen LogP contribution in [0.15, 0.2) is 24.3 Å². The first-order valence-electron chi connectivity index (χ1n) is 15.6. The van der Waals surface area contributed by atoms with E-state index in [4.69, 9.17) is 4.74 Å². The van der Waals surface area contributed by atoms with Gasteiger partial charge in [-0.1, -0.05) is 104 Å². The van der Waals surface area contributed by atoms with Crippen LogP contribution in [0.4, 0.5) is 4.79 Å². The monoisotopic (exact) mass is 559 g/mol. The second-order valence-corrected chi connectivity index (χ2v) is 12.0. The van der Waals surface area contributed by atoms with Crippen molar-refractivity contribution in [3.05, 3.63) is 35.4 Å². The van der Waals surface area contributed by atoms with Gasteiger partial charge in [0.1, 0.15) is 17.7 Å². The van der Waals surface area contributed by atoms with E-state index in [9.17, 15) is 14.4 Å². The van der Waals surface area contributed by atoms with Gasteiger partial charge >= 0.3 is 6.09 Å². The fraction of sp³-hybridized carbons (Fsp3) is 0.727. The standard InChI is InChI=1S/C33H57N3O4/c1-9-13-15-16-17-18-24-36(31(38)28(25(5)11-3)35-32(39)40-33(6,7)8)29(30(37)34-23-14-10-2)27-21-19-26(12-4)20-22-27/h19-22,25,28-29H,9-18,23-24H2,1-8H3,(H,34,37)(H,35,39). The molecule has 1 rings (SSSR count). The van der Waals surface area contributed by atoms with E-state index < -0.39 is 23.8 Å². The molecule has 0 bridgehead atoms. The average molecular weight is 560 g/mol. The van der Waals surface area contributed by atoms with Gasteiger partial charge in [-0.15, -0.1) is 0 Å². The third kappa shape index (κ3) is 12.7. The minimum absolute atomic E-state index is 0.140. The molecule has 0 saturated carbocycles. The topological polar surface area (TPSA) is 87.7 Å². The summed E-state index contributed by atoms with van der Waals surface area (Å²) in [5, 5.41) is 5.93. The molecule has 3 amide bonds. The SMILES string of the molecule is CCCCCCCCN(C(=O)C(NC(=O)OC(C)(C)C)C(C)CC)C(C(=O)NCCCC)c1ccc(CC)cc1. The van der Waals surface area contributed by atoms with Crippen molar-refractivity contribution in [1.29, 1.82) is 0 Å². The molecule has 0 aliphatic rings. The number of hydrogen-bond donors (Lipinski definition) is 2. The van der Waals surface area contributed by atoms with Crippen LogP contribution < -0.4 is 10.6 Å². The zero-order valence-corrected chi connectivity index (χ0v) is 26.6. The van der Waals surface area contributed by atoms with Crippen LogP contribution in [0, 0.1) is 5.92 Å². The number of carbonyl (C=O) groups excluding carboxylic acids is 3. The zero-order valence-electron chi connectivity index (χ0n) is 26.6. The summed E-state index contributed by atoms with van der Waals surface area (Å²) in [7, 11) is 0. The number of aryl methyl sites for hydroxylation is 1. The van der Waals surface area contributed by atoms with Crippen molar-refractivity contribution in [3.8, 4) is 0 Å². The molecule has 3 unspecified atom stereocenters. The summed E-state index contributed by atoms with van der Waals surface area (Å²) in [5.74, 6) is -0.570. The molecule has 2 N–H and O–H groups in total. The number of nitrogens with one attached hydrogen (secondary N) is 2. The van der Waals surface area contributed by atoms with Crippen LogP contribution in [-0.2, 0) is 20.7 Å². The molecule has 0 fully saturated rings. The minimum Gasteiger partial charge on any atom is -0.444 e. The Morgan fingerprint density at radius 1 is 0.875 bits per heavy atom. The van der Waals surface area contributed by atoms with Crippen molar-refractivity contribution in [2.45, 2.75) is 137 Å². The Kier molecular flexibility index (Phi) is 16.6. The molecule has 3 atom stereocenters. The summed E-state index contributed by atoms with van der Waals surface area (Å²) < 4.78 is 5.51. The quantitative estimate of drug-likeness (QED) is 0.184. The molecule has 0 aliphatic heterocycles. The molecule has 0 radical (unpaired) electrons. The second kappa shape index (κ2) is 18.7. The Balaban J connectivity index is 3.45. The van der Waals surface area contributed by atoms with Crippen LogP contribution in [-0.4, -0.2) is 47.5 Å². The van der Waals surface area contributed by atoms with Crippen molar-refractivity contribution in [1.82, 2.24) is 15.5 Å². The lowest BCUT2D eigenvalue weighted by Crippen LogP contribution is -2.55. The summed E-state index contributed by atoms with van der Waals surface area (Å²) in [6.45, 7) is 16.7. The molecule has 228 valence electrons. The number of benzene rings is 1. The predicted octanol–water partition coefficient (Wildman–Crippen LogP) is 7.33. The molecule has 7 heteroatoms. The van der Waals surface area contributed by atoms with E-state index in [1.165, 1.54) is 24.8 Å². The highest BCUT2D eigenvalue weighted by molar-refractivity contribution is 5.92. The Bertz CT molecular complexity index is 879. The molecule has 0 heterocycles. The van der Waals surface area contributed by atoms with Gasteiger partial charge in [0.15, 0.2) is 0 Å². The molecular formula is C33H57N3O4. The van der Waals surface area contributed by atoms with Gasteiger partial charge < -0.3 is 20.3 Å². The van der Waals surface area contributed by atoms with Crippen molar-refractivity contribution < 1.29 is 19.1 Å². The van der Waals surface area contributed by atoms with Gasteiger partial charge in [-0.25, -0.2) is 4.79 Å². The first-order valence-corrected chi connectivity index (χ1v) is 15.6. The Morgan fingerprint density at radius 2 is 1.48 bits per heavy atom. The summed E-state index contributed by atoms with van der Waals surface area (Å²) in [4.78, 5) is 42.6. The number of rotatable bonds is 18. The fourth-order valence-electron chi connectivity index (χ4n) is 4.62. The molecule has 40 heavy (non-hydrogen) atoms. The zero-order chi connectivity index (χ0) is 30.1. The lowest BCUT2D eigenvalue weighted by molar-refractivity contribution is -0.143. The van der Waals surface area contributed by atoms with Gasteiger partial charge in [0.05, 0.1) is 0 Å². The number of ether oxygens (including phenoxy) is 1. The molecule has 1 aromatic carbocycles. The number of alkyl carbamates (subject to hydrolysis) is 1. The van der Waals surface area contributed by atoms with E-state index >= 15 is 0 Å². The van der Waals surface area contributed by atoms with Crippen molar-refractivity contribution in [2.24, 2.45) is 5.92 Å². The van der Waals surface area contributed by atoms with Gasteiger partial charge in [-0.3, -0.25) is 9.59 Å². The molecule has 0 saturated heterocycles. The Hall–Kier alpha value is -2.57. The number of amides is 3. The van der Waals surface area contributed by atoms with Gasteiger partial charge in [-0.05, 0) is 57.1 Å². The van der Waals surface area contributed by atoms with Crippen LogP contribution in [0.5, 0.6) is 0 Å². The third-order valence-electron chi connectivity index (χ3n) is 7.28. The van der Waals surface area contributed by atoms with Crippen LogP contribution in [0.2, 0.25) is 0 Å². The van der Waals surface area contributed by atoms with Gasteiger partial charge in [0, 0.05) is 13.1 Å². The second-order valence-electron chi connectivity index (χ2n) is 12.0. The van der Waals surface area contributed by atoms with Gasteiger partial charge in [-0.2, -0.15) is 0 Å². The Labute approximate surface area is 244 Å². The number of carbonyl (C=O) groups is 3.